The molecule has 5 aromatic rings. The van der Waals surface area contributed by atoms with E-state index in [1.165, 1.54) is 16.8 Å². The summed E-state index contributed by atoms with van der Waals surface area (Å²) in [5, 5.41) is 1.38. The number of pyridine rings is 2. The van der Waals surface area contributed by atoms with Gasteiger partial charge >= 0.3 is 5.69 Å². The van der Waals surface area contributed by atoms with Crippen molar-refractivity contribution in [2.75, 3.05) is 40.4 Å². The minimum atomic E-state index is -0.555. The van der Waals surface area contributed by atoms with Gasteiger partial charge in [0.1, 0.15) is 11.5 Å². The van der Waals surface area contributed by atoms with Crippen molar-refractivity contribution in [1.82, 2.24) is 28.9 Å². The number of nitrogens with one attached hydrogen (secondary N) is 1. The van der Waals surface area contributed by atoms with Gasteiger partial charge in [-0.1, -0.05) is 6.07 Å². The zero-order valence-corrected chi connectivity index (χ0v) is 29.5. The third kappa shape index (κ3) is 7.14. The van der Waals surface area contributed by atoms with Crippen LogP contribution in [0.4, 0.5) is 0 Å². The fourth-order valence-electron chi connectivity index (χ4n) is 7.32. The lowest BCUT2D eigenvalue weighted by Gasteiger charge is -2.37. The van der Waals surface area contributed by atoms with Gasteiger partial charge in [-0.05, 0) is 73.0 Å². The number of ether oxygens (including phenoxy) is 3. The molecule has 0 aliphatic carbocycles. The largest absolute Gasteiger partial charge is 0.496 e. The predicted octanol–water partition coefficient (Wildman–Crippen LogP) is 3.74. The average Bonchev–Trinajstić information content (AvgIpc) is 3.17. The van der Waals surface area contributed by atoms with Crippen LogP contribution >= 0.6 is 0 Å². The van der Waals surface area contributed by atoms with E-state index < -0.39 is 11.2 Å². The molecule has 13 heteroatoms. The van der Waals surface area contributed by atoms with E-state index in [-0.39, 0.29) is 23.7 Å². The maximum absolute atomic E-state index is 13.4. The van der Waals surface area contributed by atoms with Crippen LogP contribution in [0, 0.1) is 0 Å². The number of nitrogens with zero attached hydrogens (tertiary/aromatic N) is 5. The Morgan fingerprint density at radius 1 is 0.885 bits per heavy atom. The topological polar surface area (TPSA) is 141 Å². The second-order valence-corrected chi connectivity index (χ2v) is 13.4. The van der Waals surface area contributed by atoms with E-state index >= 15 is 0 Å². The number of aromatic nitrogens is 4. The van der Waals surface area contributed by atoms with Gasteiger partial charge in [-0.3, -0.25) is 33.8 Å². The first-order chi connectivity index (χ1) is 25.2. The summed E-state index contributed by atoms with van der Waals surface area (Å²) in [5.74, 6) is 1.36. The molecule has 1 amide bonds. The van der Waals surface area contributed by atoms with Crippen LogP contribution < -0.4 is 26.3 Å². The van der Waals surface area contributed by atoms with Crippen molar-refractivity contribution < 1.29 is 19.0 Å². The number of aromatic amines is 1. The lowest BCUT2D eigenvalue weighted by atomic mass is 9.98. The molecule has 3 aromatic heterocycles. The van der Waals surface area contributed by atoms with Gasteiger partial charge in [0.05, 0.1) is 43.1 Å². The van der Waals surface area contributed by atoms with Crippen LogP contribution in [0.1, 0.15) is 41.6 Å². The highest BCUT2D eigenvalue weighted by molar-refractivity contribution is 5.96. The molecule has 13 nitrogen and oxygen atoms in total. The van der Waals surface area contributed by atoms with Gasteiger partial charge in [0.2, 0.25) is 0 Å². The number of H-pyrrole nitrogens is 1. The SMILES string of the molecule is COc1cc(-c2cn(C)c(=O)c3cnccc23)cc(OC)c1CN1CCC(OC2CCN(C(=O)c3cccc(-n4ccc(=O)[nH]c4=O)c3)CC2)CC1. The second-order valence-electron chi connectivity index (χ2n) is 13.4. The van der Waals surface area contributed by atoms with Gasteiger partial charge in [0.15, 0.2) is 0 Å². The molecular formula is C39H42N6O7. The Balaban J connectivity index is 0.946. The number of methoxy groups -OCH3 is 2. The van der Waals surface area contributed by atoms with E-state index in [2.05, 4.69) is 14.9 Å². The summed E-state index contributed by atoms with van der Waals surface area (Å²) in [6.07, 6.45) is 10.1. The molecule has 0 saturated carbocycles. The molecule has 0 atom stereocenters. The minimum absolute atomic E-state index is 0.0868. The first-order valence-electron chi connectivity index (χ1n) is 17.5. The molecule has 270 valence electrons. The number of aryl methyl sites for hydroxylation is 1. The van der Waals surface area contributed by atoms with Crippen molar-refractivity contribution in [3.05, 3.63) is 116 Å². The lowest BCUT2D eigenvalue weighted by Crippen LogP contribution is -2.43. The minimum Gasteiger partial charge on any atom is -0.496 e. The molecule has 5 heterocycles. The first kappa shape index (κ1) is 34.9. The summed E-state index contributed by atoms with van der Waals surface area (Å²) < 4.78 is 21.3. The predicted molar refractivity (Wildman–Crippen MR) is 196 cm³/mol. The molecule has 0 spiro atoms. The van der Waals surface area contributed by atoms with Crippen LogP contribution in [0.15, 0.2) is 87.7 Å². The Hall–Kier alpha value is -5.53. The van der Waals surface area contributed by atoms with E-state index in [1.54, 1.807) is 62.5 Å². The van der Waals surface area contributed by atoms with E-state index in [1.807, 2.05) is 29.3 Å². The van der Waals surface area contributed by atoms with E-state index in [9.17, 15) is 19.2 Å². The van der Waals surface area contributed by atoms with Crippen molar-refractivity contribution >= 4 is 16.7 Å². The van der Waals surface area contributed by atoms with Crippen LogP contribution in [-0.4, -0.2) is 87.4 Å². The Kier molecular flexibility index (Phi) is 10.1. The summed E-state index contributed by atoms with van der Waals surface area (Å²) in [5.41, 5.74) is 2.63. The highest BCUT2D eigenvalue weighted by Crippen LogP contribution is 2.38. The average molecular weight is 707 g/mol. The van der Waals surface area contributed by atoms with Gasteiger partial charge < -0.3 is 23.7 Å². The lowest BCUT2D eigenvalue weighted by molar-refractivity contribution is -0.0629. The fraction of sp³-hybridized carbons (Fsp3) is 0.359. The van der Waals surface area contributed by atoms with Crippen molar-refractivity contribution in [2.24, 2.45) is 7.05 Å². The van der Waals surface area contributed by atoms with E-state index in [0.29, 0.717) is 36.3 Å². The number of rotatable bonds is 9. The molecule has 0 unspecified atom stereocenters. The van der Waals surface area contributed by atoms with Crippen molar-refractivity contribution in [3.63, 3.8) is 0 Å². The molecule has 2 fully saturated rings. The van der Waals surface area contributed by atoms with Crippen LogP contribution in [-0.2, 0) is 18.3 Å². The van der Waals surface area contributed by atoms with Gasteiger partial charge in [-0.2, -0.15) is 0 Å². The van der Waals surface area contributed by atoms with Crippen molar-refractivity contribution in [2.45, 2.75) is 44.4 Å². The quantitative estimate of drug-likeness (QED) is 0.243. The molecule has 2 saturated heterocycles. The smallest absolute Gasteiger partial charge is 0.332 e. The number of carbonyl (C=O) groups excluding carboxylic acids is 1. The molecule has 7 rings (SSSR count). The molecule has 52 heavy (non-hydrogen) atoms. The second kappa shape index (κ2) is 15.0. The maximum atomic E-state index is 13.4. The number of carbonyl (C=O) groups is 1. The maximum Gasteiger partial charge on any atom is 0.332 e. The van der Waals surface area contributed by atoms with E-state index in [0.717, 1.165) is 72.3 Å². The van der Waals surface area contributed by atoms with Crippen molar-refractivity contribution in [1.29, 1.82) is 0 Å². The summed E-state index contributed by atoms with van der Waals surface area (Å²) in [6, 6.07) is 14.0. The number of piperidine rings is 2. The van der Waals surface area contributed by atoms with Crippen LogP contribution in [0.2, 0.25) is 0 Å². The summed E-state index contributed by atoms with van der Waals surface area (Å²) >= 11 is 0. The molecule has 2 aromatic carbocycles. The van der Waals surface area contributed by atoms with Crippen LogP contribution in [0.3, 0.4) is 0 Å². The van der Waals surface area contributed by atoms with E-state index in [4.69, 9.17) is 14.2 Å². The highest BCUT2D eigenvalue weighted by Gasteiger charge is 2.29. The van der Waals surface area contributed by atoms with Crippen molar-refractivity contribution in [3.8, 4) is 28.3 Å². The first-order valence-corrected chi connectivity index (χ1v) is 17.5. The number of hydrogen-bond acceptors (Lipinski definition) is 9. The van der Waals surface area contributed by atoms with Gasteiger partial charge in [-0.25, -0.2) is 4.79 Å². The molecule has 0 radical (unpaired) electrons. The number of hydrogen-bond donors (Lipinski definition) is 1. The Bertz CT molecular complexity index is 2260. The number of fused-ring (bicyclic) bond motifs is 1. The molecule has 2 aliphatic rings. The fourth-order valence-corrected chi connectivity index (χ4v) is 7.32. The highest BCUT2D eigenvalue weighted by atomic mass is 16.5. The van der Waals surface area contributed by atoms with Gasteiger partial charge in [-0.15, -0.1) is 0 Å². The third-order valence-corrected chi connectivity index (χ3v) is 10.1. The number of amides is 1. The summed E-state index contributed by atoms with van der Waals surface area (Å²) in [7, 11) is 5.07. The molecular weight excluding hydrogens is 664 g/mol. The van der Waals surface area contributed by atoms with Crippen LogP contribution in [0.5, 0.6) is 11.5 Å². The number of benzene rings is 2. The van der Waals surface area contributed by atoms with Crippen LogP contribution in [0.25, 0.3) is 27.6 Å². The zero-order valence-electron chi connectivity index (χ0n) is 29.5. The Morgan fingerprint density at radius 3 is 2.25 bits per heavy atom. The normalized spacial score (nSPS) is 15.9. The zero-order chi connectivity index (χ0) is 36.4. The van der Waals surface area contributed by atoms with Gasteiger partial charge in [0, 0.05) is 81.8 Å². The number of likely N-dealkylation sites (tertiary alicyclic amines) is 2. The molecule has 1 N–H and O–H groups in total. The standard InChI is InChI=1S/C39H42N6O7/c1-42-23-32(30-7-13-40-22-31(30)38(42)48)26-20-34(50-2)33(35(21-26)51-3)24-43-14-8-28(9-15-43)52-29-10-16-44(17-11-29)37(47)25-5-4-6-27(19-25)45-18-12-36(46)41-39(45)49/h4-7,12-13,18-23,28-29H,8-11,14-17,24H2,1-3H3,(H,41,46,49). The third-order valence-electron chi connectivity index (χ3n) is 10.1. The molecule has 0 bridgehead atoms. The summed E-state index contributed by atoms with van der Waals surface area (Å²) in [4.78, 5) is 60.5. The summed E-state index contributed by atoms with van der Waals surface area (Å²) in [6.45, 7) is 3.57. The monoisotopic (exact) mass is 706 g/mol. The molecule has 2 aliphatic heterocycles. The Labute approximate surface area is 300 Å². The van der Waals surface area contributed by atoms with Gasteiger partial charge in [0.25, 0.3) is 17.0 Å². The Morgan fingerprint density at radius 2 is 1.58 bits per heavy atom.